The maximum Gasteiger partial charge on any atom is 0.203 e. The largest absolute Gasteiger partial charge is 0.453 e. The number of hydrogen-bond acceptors (Lipinski definition) is 2. The van der Waals surface area contributed by atoms with E-state index in [1.165, 1.54) is 5.56 Å². The fourth-order valence-corrected chi connectivity index (χ4v) is 1.99. The third-order valence-electron chi connectivity index (χ3n) is 3.29. The Kier molecular flexibility index (Phi) is 3.08. The Bertz CT molecular complexity index is 619. The first-order chi connectivity index (χ1) is 8.59. The van der Waals surface area contributed by atoms with E-state index in [-0.39, 0.29) is 11.2 Å². The van der Waals surface area contributed by atoms with Crippen molar-refractivity contribution in [2.75, 3.05) is 0 Å². The van der Waals surface area contributed by atoms with E-state index >= 15 is 0 Å². The number of Topliss-reactive ketones (excluding diaryl/α,β-unsaturated/α-hetero) is 1. The molecule has 1 heterocycles. The summed E-state index contributed by atoms with van der Waals surface area (Å²) in [6.45, 7) is 12.2. The number of ketones is 1. The summed E-state index contributed by atoms with van der Waals surface area (Å²) in [5, 5.41) is 1.00. The van der Waals surface area contributed by atoms with Gasteiger partial charge in [-0.3, -0.25) is 4.79 Å². The number of rotatable bonds is 1. The van der Waals surface area contributed by atoms with Gasteiger partial charge in [0.25, 0.3) is 0 Å². The van der Waals surface area contributed by atoms with Gasteiger partial charge in [-0.25, -0.2) is 0 Å². The van der Waals surface area contributed by atoms with Crippen molar-refractivity contribution < 1.29 is 9.21 Å². The summed E-state index contributed by atoms with van der Waals surface area (Å²) in [6.07, 6.45) is 0. The Morgan fingerprint density at radius 1 is 1.00 bits per heavy atom. The van der Waals surface area contributed by atoms with E-state index in [1.54, 1.807) is 0 Å². The van der Waals surface area contributed by atoms with E-state index in [4.69, 9.17) is 4.42 Å². The second kappa shape index (κ2) is 4.22. The molecule has 102 valence electrons. The van der Waals surface area contributed by atoms with Gasteiger partial charge in [0.15, 0.2) is 5.76 Å². The molecule has 2 nitrogen and oxygen atoms in total. The van der Waals surface area contributed by atoms with Crippen molar-refractivity contribution in [3.8, 4) is 0 Å². The Morgan fingerprint density at radius 2 is 1.63 bits per heavy atom. The van der Waals surface area contributed by atoms with Crippen LogP contribution in [0.1, 0.15) is 57.7 Å². The second-order valence-corrected chi connectivity index (χ2v) is 7.19. The average molecular weight is 258 g/mol. The molecule has 1 aromatic carbocycles. The summed E-state index contributed by atoms with van der Waals surface area (Å²) in [4.78, 5) is 12.2. The van der Waals surface area contributed by atoms with Crippen LogP contribution in [0.25, 0.3) is 11.0 Å². The molecule has 0 radical (unpaired) electrons. The van der Waals surface area contributed by atoms with Crippen molar-refractivity contribution >= 4 is 16.8 Å². The molecular weight excluding hydrogens is 236 g/mol. The van der Waals surface area contributed by atoms with Crippen LogP contribution in [0.5, 0.6) is 0 Å². The van der Waals surface area contributed by atoms with Crippen molar-refractivity contribution in [3.05, 3.63) is 35.6 Å². The fraction of sp³-hybridized carbons (Fsp3) is 0.471. The van der Waals surface area contributed by atoms with Gasteiger partial charge in [0.1, 0.15) is 5.58 Å². The van der Waals surface area contributed by atoms with Crippen LogP contribution in [0.3, 0.4) is 0 Å². The molecule has 1 aromatic heterocycles. The molecule has 0 saturated heterocycles. The molecule has 0 fully saturated rings. The molecule has 0 aliphatic rings. The zero-order valence-corrected chi connectivity index (χ0v) is 12.6. The summed E-state index contributed by atoms with van der Waals surface area (Å²) in [5.74, 6) is 0.495. The third-order valence-corrected chi connectivity index (χ3v) is 3.29. The number of carbonyl (C=O) groups excluding carboxylic acids is 1. The van der Waals surface area contributed by atoms with E-state index in [1.807, 2.05) is 32.9 Å². The lowest BCUT2D eigenvalue weighted by molar-refractivity contribution is 0.0831. The smallest absolute Gasteiger partial charge is 0.203 e. The van der Waals surface area contributed by atoms with Crippen LogP contribution in [-0.2, 0) is 5.41 Å². The average Bonchev–Trinajstić information content (AvgIpc) is 2.67. The van der Waals surface area contributed by atoms with Gasteiger partial charge in [0.2, 0.25) is 5.78 Å². The molecule has 0 aliphatic carbocycles. The third kappa shape index (κ3) is 2.73. The highest BCUT2D eigenvalue weighted by Crippen LogP contribution is 2.30. The SMILES string of the molecule is CC(C)(C)C(=O)c1cc2cc(C(C)(C)C)ccc2o1. The number of furan rings is 1. The summed E-state index contributed by atoms with van der Waals surface area (Å²) in [6, 6.07) is 7.99. The first kappa shape index (κ1) is 13.9. The Morgan fingerprint density at radius 3 is 2.16 bits per heavy atom. The van der Waals surface area contributed by atoms with Crippen LogP contribution in [-0.4, -0.2) is 5.78 Å². The standard InChI is InChI=1S/C17H22O2/c1-16(2,3)12-7-8-13-11(9-12)10-14(19-13)15(18)17(4,5)6/h7-10H,1-6H3. The van der Waals surface area contributed by atoms with Gasteiger partial charge in [-0.2, -0.15) is 0 Å². The predicted octanol–water partition coefficient (Wildman–Crippen LogP) is 4.96. The minimum absolute atomic E-state index is 0.0426. The van der Waals surface area contributed by atoms with Crippen molar-refractivity contribution in [2.45, 2.75) is 47.0 Å². The highest BCUT2D eigenvalue weighted by atomic mass is 16.3. The lowest BCUT2D eigenvalue weighted by atomic mass is 9.86. The molecule has 0 N–H and O–H groups in total. The van der Waals surface area contributed by atoms with Crippen LogP contribution >= 0.6 is 0 Å². The highest BCUT2D eigenvalue weighted by molar-refractivity contribution is 6.00. The Hall–Kier alpha value is -1.57. The molecule has 0 amide bonds. The van der Waals surface area contributed by atoms with Crippen molar-refractivity contribution in [1.29, 1.82) is 0 Å². The molecule has 0 atom stereocenters. The van der Waals surface area contributed by atoms with Gasteiger partial charge in [-0.05, 0) is 29.2 Å². The van der Waals surface area contributed by atoms with Crippen molar-refractivity contribution in [3.63, 3.8) is 0 Å². The fourth-order valence-electron chi connectivity index (χ4n) is 1.99. The monoisotopic (exact) mass is 258 g/mol. The first-order valence-electron chi connectivity index (χ1n) is 6.68. The van der Waals surface area contributed by atoms with Gasteiger partial charge in [0.05, 0.1) is 0 Å². The van der Waals surface area contributed by atoms with E-state index in [0.717, 1.165) is 11.0 Å². The topological polar surface area (TPSA) is 30.2 Å². The summed E-state index contributed by atoms with van der Waals surface area (Å²) < 4.78 is 5.67. The minimum atomic E-state index is -0.416. The van der Waals surface area contributed by atoms with Crippen LogP contribution < -0.4 is 0 Å². The van der Waals surface area contributed by atoms with E-state index in [9.17, 15) is 4.79 Å². The number of benzene rings is 1. The van der Waals surface area contributed by atoms with Crippen LogP contribution in [0.4, 0.5) is 0 Å². The first-order valence-corrected chi connectivity index (χ1v) is 6.68. The van der Waals surface area contributed by atoms with Gasteiger partial charge in [-0.15, -0.1) is 0 Å². The van der Waals surface area contributed by atoms with Crippen LogP contribution in [0.2, 0.25) is 0 Å². The highest BCUT2D eigenvalue weighted by Gasteiger charge is 2.26. The zero-order chi connectivity index (χ0) is 14.4. The molecule has 2 aromatic rings. The molecule has 0 unspecified atom stereocenters. The van der Waals surface area contributed by atoms with Crippen LogP contribution in [0, 0.1) is 5.41 Å². The second-order valence-electron chi connectivity index (χ2n) is 7.19. The molecule has 2 rings (SSSR count). The van der Waals surface area contributed by atoms with E-state index in [0.29, 0.717) is 5.76 Å². The summed E-state index contributed by atoms with van der Waals surface area (Å²) in [5.41, 5.74) is 1.71. The van der Waals surface area contributed by atoms with E-state index < -0.39 is 5.41 Å². The molecule has 0 spiro atoms. The predicted molar refractivity (Wildman–Crippen MR) is 78.7 cm³/mol. The van der Waals surface area contributed by atoms with Gasteiger partial charge in [-0.1, -0.05) is 47.6 Å². The maximum absolute atomic E-state index is 12.2. The van der Waals surface area contributed by atoms with Crippen LogP contribution in [0.15, 0.2) is 28.7 Å². The molecule has 0 saturated carbocycles. The molecule has 2 heteroatoms. The normalized spacial score (nSPS) is 12.9. The lowest BCUT2D eigenvalue weighted by Gasteiger charge is -2.18. The Balaban J connectivity index is 2.50. The van der Waals surface area contributed by atoms with Crippen molar-refractivity contribution in [2.24, 2.45) is 5.41 Å². The lowest BCUT2D eigenvalue weighted by Crippen LogP contribution is -2.19. The van der Waals surface area contributed by atoms with Gasteiger partial charge in [0, 0.05) is 10.8 Å². The molecular formula is C17H22O2. The molecule has 0 bridgehead atoms. The minimum Gasteiger partial charge on any atom is -0.453 e. The molecule has 0 aliphatic heterocycles. The zero-order valence-electron chi connectivity index (χ0n) is 12.6. The van der Waals surface area contributed by atoms with E-state index in [2.05, 4.69) is 32.9 Å². The summed E-state index contributed by atoms with van der Waals surface area (Å²) >= 11 is 0. The Labute approximate surface area is 114 Å². The van der Waals surface area contributed by atoms with Crippen molar-refractivity contribution in [1.82, 2.24) is 0 Å². The molecule has 19 heavy (non-hydrogen) atoms. The maximum atomic E-state index is 12.2. The number of carbonyl (C=O) groups is 1. The number of hydrogen-bond donors (Lipinski definition) is 0. The summed E-state index contributed by atoms with van der Waals surface area (Å²) in [7, 11) is 0. The van der Waals surface area contributed by atoms with Gasteiger partial charge >= 0.3 is 0 Å². The number of fused-ring (bicyclic) bond motifs is 1. The quantitative estimate of drug-likeness (QED) is 0.677. The van der Waals surface area contributed by atoms with Gasteiger partial charge < -0.3 is 4.42 Å².